The first kappa shape index (κ1) is 17.3. The van der Waals surface area contributed by atoms with Crippen LogP contribution in [0.15, 0.2) is 9.98 Å². The summed E-state index contributed by atoms with van der Waals surface area (Å²) < 4.78 is 0. The fourth-order valence-corrected chi connectivity index (χ4v) is 2.97. The molecule has 1 amide bonds. The molecule has 126 valence electrons. The minimum absolute atomic E-state index is 0.00109. The molecule has 0 bridgehead atoms. The summed E-state index contributed by atoms with van der Waals surface area (Å²) in [5.41, 5.74) is 0.997. The van der Waals surface area contributed by atoms with E-state index < -0.39 is 12.0 Å². The Morgan fingerprint density at radius 2 is 2.13 bits per heavy atom. The average Bonchev–Trinajstić information content (AvgIpc) is 3.24. The number of aliphatic carboxylic acids is 1. The molecule has 0 radical (unpaired) electrons. The smallest absolute Gasteiger partial charge is 0.305 e. The molecule has 0 saturated heterocycles. The van der Waals surface area contributed by atoms with Gasteiger partial charge in [0.1, 0.15) is 5.78 Å². The molecule has 1 heterocycles. The lowest BCUT2D eigenvalue weighted by molar-refractivity contribution is -0.137. The van der Waals surface area contributed by atoms with Gasteiger partial charge in [-0.15, -0.1) is 0 Å². The lowest BCUT2D eigenvalue weighted by Gasteiger charge is -2.15. The summed E-state index contributed by atoms with van der Waals surface area (Å²) in [6, 6.07) is -0.617. The molecule has 0 spiro atoms. The van der Waals surface area contributed by atoms with Gasteiger partial charge in [-0.25, -0.2) is 0 Å². The molecule has 1 fully saturated rings. The Hall–Kier alpha value is -2.05. The number of amides is 1. The van der Waals surface area contributed by atoms with Crippen molar-refractivity contribution < 1.29 is 19.5 Å². The van der Waals surface area contributed by atoms with E-state index in [0.29, 0.717) is 5.92 Å². The van der Waals surface area contributed by atoms with Crippen molar-refractivity contribution in [3.8, 4) is 0 Å². The number of carbonyl (C=O) groups is 3. The Morgan fingerprint density at radius 3 is 2.74 bits per heavy atom. The highest BCUT2D eigenvalue weighted by molar-refractivity contribution is 6.30. The number of nitrogens with zero attached hydrogens (tertiary/aromatic N) is 2. The van der Waals surface area contributed by atoms with Crippen molar-refractivity contribution in [1.82, 2.24) is 5.32 Å². The summed E-state index contributed by atoms with van der Waals surface area (Å²) in [6.07, 6.45) is 4.27. The third kappa shape index (κ3) is 5.92. The van der Waals surface area contributed by atoms with Crippen molar-refractivity contribution in [2.45, 2.75) is 45.1 Å². The number of aliphatic imine (C=N–C) groups is 2. The van der Waals surface area contributed by atoms with Gasteiger partial charge in [-0.1, -0.05) is 0 Å². The van der Waals surface area contributed by atoms with Gasteiger partial charge in [-0.2, -0.15) is 0 Å². The molecule has 7 heteroatoms. The van der Waals surface area contributed by atoms with Gasteiger partial charge >= 0.3 is 5.97 Å². The molecule has 0 aromatic carbocycles. The molecule has 0 aromatic rings. The van der Waals surface area contributed by atoms with Gasteiger partial charge in [0.2, 0.25) is 5.91 Å². The van der Waals surface area contributed by atoms with E-state index in [0.717, 1.165) is 38.1 Å². The van der Waals surface area contributed by atoms with Crippen LogP contribution in [0.4, 0.5) is 0 Å². The summed E-state index contributed by atoms with van der Waals surface area (Å²) in [7, 11) is 0. The van der Waals surface area contributed by atoms with Crippen LogP contribution in [0.2, 0.25) is 0 Å². The first-order valence-corrected chi connectivity index (χ1v) is 8.00. The Balaban J connectivity index is 1.75. The number of hydrogen-bond acceptors (Lipinski definition) is 5. The summed E-state index contributed by atoms with van der Waals surface area (Å²) in [5, 5.41) is 11.4. The van der Waals surface area contributed by atoms with Crippen LogP contribution in [0.25, 0.3) is 0 Å². The molecule has 2 rings (SSSR count). The second-order valence-electron chi connectivity index (χ2n) is 6.22. The van der Waals surface area contributed by atoms with Crippen LogP contribution in [-0.2, 0) is 14.4 Å². The predicted molar refractivity (Wildman–Crippen MR) is 86.0 cm³/mol. The highest BCUT2D eigenvalue weighted by Gasteiger charge is 2.42. The SMILES string of the molecule is CC(=O)NC(CC(=O)O)CC(=O)C1CC1CCC1=NCCN=C1. The zero-order chi connectivity index (χ0) is 16.8. The quantitative estimate of drug-likeness (QED) is 0.656. The minimum atomic E-state index is -1.02. The van der Waals surface area contributed by atoms with Crippen LogP contribution in [0.1, 0.15) is 39.0 Å². The maximum atomic E-state index is 12.2. The number of carboxylic acid groups (broad SMARTS) is 1. The summed E-state index contributed by atoms with van der Waals surface area (Å²) in [6.45, 7) is 2.82. The predicted octanol–water partition coefficient (Wildman–Crippen LogP) is 0.867. The van der Waals surface area contributed by atoms with E-state index in [-0.39, 0.29) is 30.4 Å². The van der Waals surface area contributed by atoms with Gasteiger partial charge in [-0.3, -0.25) is 24.4 Å². The summed E-state index contributed by atoms with van der Waals surface area (Å²) >= 11 is 0. The van der Waals surface area contributed by atoms with Gasteiger partial charge in [0.05, 0.1) is 25.2 Å². The number of carbonyl (C=O) groups excluding carboxylic acids is 2. The van der Waals surface area contributed by atoms with Crippen molar-refractivity contribution in [2.24, 2.45) is 21.8 Å². The van der Waals surface area contributed by atoms with Crippen molar-refractivity contribution in [1.29, 1.82) is 0 Å². The van der Waals surface area contributed by atoms with E-state index in [1.807, 2.05) is 6.21 Å². The van der Waals surface area contributed by atoms with Gasteiger partial charge < -0.3 is 10.4 Å². The van der Waals surface area contributed by atoms with E-state index >= 15 is 0 Å². The zero-order valence-electron chi connectivity index (χ0n) is 13.3. The van der Waals surface area contributed by atoms with E-state index in [2.05, 4.69) is 15.3 Å². The lowest BCUT2D eigenvalue weighted by atomic mass is 10.0. The van der Waals surface area contributed by atoms with Crippen LogP contribution in [0.5, 0.6) is 0 Å². The molecule has 7 nitrogen and oxygen atoms in total. The van der Waals surface area contributed by atoms with E-state index in [9.17, 15) is 14.4 Å². The third-order valence-electron chi connectivity index (χ3n) is 4.17. The summed E-state index contributed by atoms with van der Waals surface area (Å²) in [4.78, 5) is 42.7. The van der Waals surface area contributed by atoms with Crippen LogP contribution >= 0.6 is 0 Å². The van der Waals surface area contributed by atoms with Gasteiger partial charge in [0, 0.05) is 31.5 Å². The number of Topliss-reactive ketones (excluding diaryl/α,β-unsaturated/α-hetero) is 1. The second-order valence-corrected chi connectivity index (χ2v) is 6.22. The lowest BCUT2D eigenvalue weighted by Crippen LogP contribution is -2.37. The Morgan fingerprint density at radius 1 is 1.35 bits per heavy atom. The fourth-order valence-electron chi connectivity index (χ4n) is 2.97. The van der Waals surface area contributed by atoms with Crippen LogP contribution in [0, 0.1) is 11.8 Å². The largest absolute Gasteiger partial charge is 0.481 e. The van der Waals surface area contributed by atoms with Crippen molar-refractivity contribution >= 4 is 29.6 Å². The van der Waals surface area contributed by atoms with Gasteiger partial charge in [0.15, 0.2) is 0 Å². The van der Waals surface area contributed by atoms with Crippen LogP contribution in [-0.4, -0.2) is 53.8 Å². The molecular formula is C16H23N3O4. The van der Waals surface area contributed by atoms with Crippen molar-refractivity contribution in [2.75, 3.05) is 13.1 Å². The van der Waals surface area contributed by atoms with E-state index in [1.165, 1.54) is 6.92 Å². The zero-order valence-corrected chi connectivity index (χ0v) is 13.3. The number of hydrogen-bond donors (Lipinski definition) is 2. The highest BCUT2D eigenvalue weighted by atomic mass is 16.4. The second kappa shape index (κ2) is 7.99. The molecule has 1 aliphatic carbocycles. The monoisotopic (exact) mass is 321 g/mol. The Labute approximate surface area is 135 Å². The normalized spacial score (nSPS) is 23.8. The third-order valence-corrected chi connectivity index (χ3v) is 4.17. The number of rotatable bonds is 9. The van der Waals surface area contributed by atoms with Crippen molar-refractivity contribution in [3.63, 3.8) is 0 Å². The molecule has 0 aromatic heterocycles. The van der Waals surface area contributed by atoms with Crippen LogP contribution < -0.4 is 5.32 Å². The number of nitrogens with one attached hydrogen (secondary N) is 1. The molecule has 3 atom stereocenters. The molecule has 2 N–H and O–H groups in total. The molecule has 23 heavy (non-hydrogen) atoms. The minimum Gasteiger partial charge on any atom is -0.481 e. The molecule has 3 unspecified atom stereocenters. The topological polar surface area (TPSA) is 108 Å². The fraction of sp³-hybridized carbons (Fsp3) is 0.688. The highest BCUT2D eigenvalue weighted by Crippen LogP contribution is 2.43. The van der Waals surface area contributed by atoms with E-state index in [1.54, 1.807) is 0 Å². The molecular weight excluding hydrogens is 298 g/mol. The Kier molecular flexibility index (Phi) is 6.01. The molecule has 1 aliphatic heterocycles. The maximum absolute atomic E-state index is 12.2. The van der Waals surface area contributed by atoms with Crippen LogP contribution in [0.3, 0.4) is 0 Å². The maximum Gasteiger partial charge on any atom is 0.305 e. The Bertz CT molecular complexity index is 525. The van der Waals surface area contributed by atoms with Gasteiger partial charge in [-0.05, 0) is 25.2 Å². The first-order chi connectivity index (χ1) is 11.0. The van der Waals surface area contributed by atoms with Crippen molar-refractivity contribution in [3.05, 3.63) is 0 Å². The number of carboxylic acids is 1. The number of ketones is 1. The summed E-state index contributed by atoms with van der Waals surface area (Å²) in [5.74, 6) is -0.928. The van der Waals surface area contributed by atoms with E-state index in [4.69, 9.17) is 5.11 Å². The average molecular weight is 321 g/mol. The first-order valence-electron chi connectivity index (χ1n) is 8.00. The van der Waals surface area contributed by atoms with Gasteiger partial charge in [0.25, 0.3) is 0 Å². The molecule has 1 saturated carbocycles. The standard InChI is InChI=1S/C16H23N3O4/c1-10(20)19-13(8-16(22)23)7-15(21)14-6-11(14)2-3-12-9-17-4-5-18-12/h9,11,13-14H,2-8H2,1H3,(H,19,20)(H,22,23). The molecule has 2 aliphatic rings.